The molecule has 0 saturated carbocycles. The van der Waals surface area contributed by atoms with E-state index in [1.54, 1.807) is 0 Å². The smallest absolute Gasteiger partial charge is 0.191 e. The van der Waals surface area contributed by atoms with Gasteiger partial charge in [0.25, 0.3) is 0 Å². The number of nitrogens with zero attached hydrogens (tertiary/aromatic N) is 2. The van der Waals surface area contributed by atoms with Gasteiger partial charge in [-0.05, 0) is 42.2 Å². The van der Waals surface area contributed by atoms with Crippen molar-refractivity contribution in [1.82, 2.24) is 4.90 Å². The van der Waals surface area contributed by atoms with Crippen molar-refractivity contribution >= 4 is 14.0 Å². The van der Waals surface area contributed by atoms with Crippen molar-refractivity contribution in [1.29, 1.82) is 0 Å². The van der Waals surface area contributed by atoms with E-state index in [1.165, 1.54) is 11.3 Å². The first kappa shape index (κ1) is 19.9. The van der Waals surface area contributed by atoms with E-state index in [0.717, 1.165) is 52.4 Å². The Kier molecular flexibility index (Phi) is 6.12. The Morgan fingerprint density at radius 1 is 1.04 bits per heavy atom. The summed E-state index contributed by atoms with van der Waals surface area (Å²) in [4.78, 5) is 5.08. The molecule has 2 aliphatic heterocycles. The molecule has 3 rings (SSSR count). The Morgan fingerprint density at radius 2 is 1.65 bits per heavy atom. The molecule has 4 nitrogen and oxygen atoms in total. The third-order valence-electron chi connectivity index (χ3n) is 6.41. The summed E-state index contributed by atoms with van der Waals surface area (Å²) in [5.41, 5.74) is 2.72. The van der Waals surface area contributed by atoms with Gasteiger partial charge in [0.05, 0.1) is 19.3 Å². The Balaban J connectivity index is 1.45. The number of ether oxygens (including phenoxy) is 1. The zero-order valence-electron chi connectivity index (χ0n) is 17.3. The molecule has 0 spiro atoms. The molecule has 2 aliphatic rings. The Hall–Kier alpha value is -0.883. The summed E-state index contributed by atoms with van der Waals surface area (Å²) < 4.78 is 11.6. The molecule has 1 aromatic rings. The zero-order chi connectivity index (χ0) is 18.8. The van der Waals surface area contributed by atoms with Crippen LogP contribution in [0.25, 0.3) is 0 Å². The van der Waals surface area contributed by atoms with E-state index in [1.807, 2.05) is 0 Å². The first-order valence-corrected chi connectivity index (χ1v) is 13.0. The number of piperazine rings is 1. The minimum absolute atomic E-state index is 0.282. The van der Waals surface area contributed by atoms with E-state index >= 15 is 0 Å². The zero-order valence-corrected chi connectivity index (χ0v) is 18.3. The van der Waals surface area contributed by atoms with Gasteiger partial charge >= 0.3 is 0 Å². The maximum Gasteiger partial charge on any atom is 0.191 e. The summed E-state index contributed by atoms with van der Waals surface area (Å²) >= 11 is 0. The highest BCUT2D eigenvalue weighted by Gasteiger charge is 2.36. The molecule has 0 aromatic heterocycles. The molecule has 0 aliphatic carbocycles. The Bertz CT molecular complexity index is 571. The van der Waals surface area contributed by atoms with Gasteiger partial charge in [-0.3, -0.25) is 4.90 Å². The molecule has 0 atom stereocenters. The van der Waals surface area contributed by atoms with E-state index in [2.05, 4.69) is 67.9 Å². The van der Waals surface area contributed by atoms with Crippen LogP contribution in [0.4, 0.5) is 5.69 Å². The second kappa shape index (κ2) is 8.01. The molecule has 0 unspecified atom stereocenters. The summed E-state index contributed by atoms with van der Waals surface area (Å²) in [5, 5.41) is 0.282. The van der Waals surface area contributed by atoms with Gasteiger partial charge in [-0.1, -0.05) is 32.9 Å². The molecule has 0 bridgehead atoms. The second-order valence-corrected chi connectivity index (χ2v) is 14.0. The van der Waals surface area contributed by atoms with Crippen molar-refractivity contribution in [3.63, 3.8) is 0 Å². The third kappa shape index (κ3) is 4.69. The van der Waals surface area contributed by atoms with Gasteiger partial charge in [0.15, 0.2) is 8.32 Å². The fourth-order valence-corrected chi connectivity index (χ4v) is 4.34. The molecule has 0 amide bonds. The van der Waals surface area contributed by atoms with Crippen LogP contribution in [-0.2, 0) is 15.6 Å². The highest BCUT2D eigenvalue weighted by molar-refractivity contribution is 6.74. The second-order valence-electron chi connectivity index (χ2n) is 9.24. The minimum atomic E-state index is -1.63. The van der Waals surface area contributed by atoms with Crippen molar-refractivity contribution in [2.24, 2.45) is 0 Å². The number of rotatable bonds is 6. The molecule has 26 heavy (non-hydrogen) atoms. The SMILES string of the molecule is CC(C)(C)[Si](C)(C)OCCc1ccc(N2CCN(C3COC3)CC2)cc1. The van der Waals surface area contributed by atoms with Crippen LogP contribution in [-0.4, -0.2) is 65.3 Å². The fourth-order valence-electron chi connectivity index (χ4n) is 3.29. The molecule has 1 aromatic carbocycles. The molecule has 2 fully saturated rings. The fraction of sp³-hybridized carbons (Fsp3) is 0.714. The number of anilines is 1. The lowest BCUT2D eigenvalue weighted by Crippen LogP contribution is -2.56. The van der Waals surface area contributed by atoms with Crippen LogP contribution in [0.3, 0.4) is 0 Å². The lowest BCUT2D eigenvalue weighted by Gasteiger charge is -2.43. The predicted octanol–water partition coefficient (Wildman–Crippen LogP) is 3.77. The van der Waals surface area contributed by atoms with Crippen molar-refractivity contribution < 1.29 is 9.16 Å². The van der Waals surface area contributed by atoms with Crippen molar-refractivity contribution in [3.05, 3.63) is 29.8 Å². The van der Waals surface area contributed by atoms with Crippen LogP contribution in [0.2, 0.25) is 18.1 Å². The molecule has 2 heterocycles. The molecule has 0 N–H and O–H groups in total. The maximum absolute atomic E-state index is 6.31. The van der Waals surface area contributed by atoms with Gasteiger partial charge in [0.2, 0.25) is 0 Å². The average Bonchev–Trinajstić information content (AvgIpc) is 2.53. The quantitative estimate of drug-likeness (QED) is 0.706. The van der Waals surface area contributed by atoms with Gasteiger partial charge in [0.1, 0.15) is 0 Å². The minimum Gasteiger partial charge on any atom is -0.416 e. The first-order valence-electron chi connectivity index (χ1n) is 10.1. The molecule has 146 valence electrons. The summed E-state index contributed by atoms with van der Waals surface area (Å²) in [6.07, 6.45) is 1.00. The van der Waals surface area contributed by atoms with Crippen LogP contribution in [0.1, 0.15) is 26.3 Å². The van der Waals surface area contributed by atoms with Gasteiger partial charge in [-0.2, -0.15) is 0 Å². The van der Waals surface area contributed by atoms with E-state index in [-0.39, 0.29) is 5.04 Å². The monoisotopic (exact) mass is 376 g/mol. The highest BCUT2D eigenvalue weighted by Crippen LogP contribution is 2.36. The van der Waals surface area contributed by atoms with Crippen LogP contribution in [0.5, 0.6) is 0 Å². The lowest BCUT2D eigenvalue weighted by atomic mass is 10.1. The molecule has 2 saturated heterocycles. The first-order chi connectivity index (χ1) is 12.3. The average molecular weight is 377 g/mol. The van der Waals surface area contributed by atoms with Gasteiger partial charge in [0, 0.05) is 38.5 Å². The third-order valence-corrected chi connectivity index (χ3v) is 11.0. The molecule has 0 radical (unpaired) electrons. The van der Waals surface area contributed by atoms with Gasteiger partial charge < -0.3 is 14.1 Å². The van der Waals surface area contributed by atoms with E-state index in [9.17, 15) is 0 Å². The number of hydrogen-bond acceptors (Lipinski definition) is 4. The lowest BCUT2D eigenvalue weighted by molar-refractivity contribution is -0.0660. The predicted molar refractivity (Wildman–Crippen MR) is 112 cm³/mol. The van der Waals surface area contributed by atoms with Crippen LogP contribution >= 0.6 is 0 Å². The van der Waals surface area contributed by atoms with Crippen molar-refractivity contribution in [2.75, 3.05) is 50.9 Å². The van der Waals surface area contributed by atoms with E-state index in [4.69, 9.17) is 9.16 Å². The van der Waals surface area contributed by atoms with E-state index in [0.29, 0.717) is 6.04 Å². The summed E-state index contributed by atoms with van der Waals surface area (Å²) in [6.45, 7) is 18.7. The van der Waals surface area contributed by atoms with Crippen LogP contribution in [0, 0.1) is 0 Å². The Labute approximate surface area is 160 Å². The van der Waals surface area contributed by atoms with Crippen molar-refractivity contribution in [3.8, 4) is 0 Å². The molecular weight excluding hydrogens is 340 g/mol. The van der Waals surface area contributed by atoms with E-state index < -0.39 is 8.32 Å². The Morgan fingerprint density at radius 3 is 2.15 bits per heavy atom. The standard InChI is InChI=1S/C21H36N2O2Si/c1-21(2,3)26(4,5)25-15-10-18-6-8-19(9-7-18)22-11-13-23(14-12-22)20-16-24-17-20/h6-9,20H,10-17H2,1-5H3. The normalized spacial score (nSPS) is 20.3. The summed E-state index contributed by atoms with van der Waals surface area (Å²) in [6, 6.07) is 9.78. The van der Waals surface area contributed by atoms with Crippen LogP contribution < -0.4 is 4.90 Å². The van der Waals surface area contributed by atoms with Crippen LogP contribution in [0.15, 0.2) is 24.3 Å². The summed E-state index contributed by atoms with van der Waals surface area (Å²) in [7, 11) is -1.63. The highest BCUT2D eigenvalue weighted by atomic mass is 28.4. The van der Waals surface area contributed by atoms with Crippen molar-refractivity contribution in [2.45, 2.75) is 51.4 Å². The number of benzene rings is 1. The maximum atomic E-state index is 6.31. The molecular formula is C21H36N2O2Si. The van der Waals surface area contributed by atoms with Gasteiger partial charge in [-0.15, -0.1) is 0 Å². The number of hydrogen-bond donors (Lipinski definition) is 0. The van der Waals surface area contributed by atoms with Gasteiger partial charge in [-0.25, -0.2) is 0 Å². The largest absolute Gasteiger partial charge is 0.416 e. The molecule has 5 heteroatoms. The topological polar surface area (TPSA) is 24.9 Å². The summed E-state index contributed by atoms with van der Waals surface area (Å²) in [5.74, 6) is 0.